The minimum atomic E-state index is 0.0305. The van der Waals surface area contributed by atoms with Crippen molar-refractivity contribution in [2.75, 3.05) is 4.90 Å². The average molecular weight is 390 g/mol. The summed E-state index contributed by atoms with van der Waals surface area (Å²) >= 11 is 0.0305. The van der Waals surface area contributed by atoms with E-state index in [-0.39, 0.29) is 15.0 Å². The molecule has 0 heterocycles. The molecular weight excluding hydrogens is 373 g/mol. The SMILES string of the molecule is N#CN(C(=Nc1ccccc1)[Se]Cc1ccccc1)c1ccccc1. The molecule has 3 nitrogen and oxygen atoms in total. The van der Waals surface area contributed by atoms with Crippen LogP contribution >= 0.6 is 0 Å². The van der Waals surface area contributed by atoms with Crippen LogP contribution in [0.2, 0.25) is 0 Å². The number of rotatable bonds is 5. The quantitative estimate of drug-likeness (QED) is 0.211. The van der Waals surface area contributed by atoms with E-state index in [1.54, 1.807) is 4.90 Å². The summed E-state index contributed by atoms with van der Waals surface area (Å²) in [5.41, 5.74) is 2.97. The molecule has 0 saturated carbocycles. The van der Waals surface area contributed by atoms with Crippen LogP contribution in [0, 0.1) is 11.5 Å². The minimum absolute atomic E-state index is 0.0305. The molecule has 0 aliphatic heterocycles. The van der Waals surface area contributed by atoms with Gasteiger partial charge >= 0.3 is 154 Å². The molecule has 0 fully saturated rings. The summed E-state index contributed by atoms with van der Waals surface area (Å²) < 4.78 is 0.802. The van der Waals surface area contributed by atoms with E-state index in [0.717, 1.165) is 21.4 Å². The fourth-order valence-corrected chi connectivity index (χ4v) is 4.23. The van der Waals surface area contributed by atoms with Crippen molar-refractivity contribution in [1.82, 2.24) is 0 Å². The second-order valence-electron chi connectivity index (χ2n) is 5.28. The van der Waals surface area contributed by atoms with E-state index in [9.17, 15) is 5.26 Å². The van der Waals surface area contributed by atoms with Crippen LogP contribution in [-0.4, -0.2) is 19.7 Å². The van der Waals surface area contributed by atoms with E-state index >= 15 is 0 Å². The third kappa shape index (κ3) is 4.81. The van der Waals surface area contributed by atoms with Gasteiger partial charge in [0.25, 0.3) is 0 Å². The Hall–Kier alpha value is -2.86. The normalized spacial score (nSPS) is 10.9. The predicted molar refractivity (Wildman–Crippen MR) is 104 cm³/mol. The first kappa shape index (κ1) is 17.0. The van der Waals surface area contributed by atoms with Gasteiger partial charge in [0.2, 0.25) is 0 Å². The van der Waals surface area contributed by atoms with Gasteiger partial charge in [0, 0.05) is 0 Å². The standard InChI is InChI=1S/C21H17N3Se/c22-17-24(20-14-8-3-9-15-20)21(23-19-12-6-2-7-13-19)25-16-18-10-4-1-5-11-18/h1-15H,16H2. The first-order valence-corrected chi connectivity index (χ1v) is 9.99. The van der Waals surface area contributed by atoms with Crippen LogP contribution < -0.4 is 4.90 Å². The molecular formula is C21H17N3Se. The van der Waals surface area contributed by atoms with E-state index < -0.39 is 0 Å². The summed E-state index contributed by atoms with van der Waals surface area (Å²) in [7, 11) is 0. The number of aliphatic imine (C=N–C) groups is 1. The second kappa shape index (κ2) is 8.84. The zero-order valence-electron chi connectivity index (χ0n) is 13.6. The molecule has 0 aromatic heterocycles. The molecule has 3 rings (SSSR count). The number of nitriles is 1. The Bertz CT molecular complexity index is 856. The van der Waals surface area contributed by atoms with Gasteiger partial charge in [-0.05, 0) is 0 Å². The van der Waals surface area contributed by atoms with Gasteiger partial charge in [-0.1, -0.05) is 0 Å². The Morgan fingerprint density at radius 2 is 1.40 bits per heavy atom. The van der Waals surface area contributed by atoms with E-state index in [2.05, 4.69) is 18.3 Å². The van der Waals surface area contributed by atoms with E-state index in [4.69, 9.17) is 4.99 Å². The summed E-state index contributed by atoms with van der Waals surface area (Å²) in [5.74, 6) is 0. The summed E-state index contributed by atoms with van der Waals surface area (Å²) in [6, 6.07) is 29.8. The number of anilines is 1. The van der Waals surface area contributed by atoms with Crippen LogP contribution in [0.4, 0.5) is 11.4 Å². The zero-order valence-corrected chi connectivity index (χ0v) is 15.3. The average Bonchev–Trinajstić information content (AvgIpc) is 2.69. The van der Waals surface area contributed by atoms with Crippen LogP contribution in [0.1, 0.15) is 5.56 Å². The number of nitrogens with zero attached hydrogens (tertiary/aromatic N) is 3. The molecule has 4 heteroatoms. The third-order valence-electron chi connectivity index (χ3n) is 3.50. The fourth-order valence-electron chi connectivity index (χ4n) is 2.27. The van der Waals surface area contributed by atoms with Crippen LogP contribution in [0.15, 0.2) is 96.0 Å². The van der Waals surface area contributed by atoms with Crippen molar-refractivity contribution >= 4 is 31.1 Å². The zero-order chi connectivity index (χ0) is 17.3. The Labute approximate surface area is 154 Å². The molecule has 3 aromatic carbocycles. The Kier molecular flexibility index (Phi) is 6.01. The molecule has 25 heavy (non-hydrogen) atoms. The van der Waals surface area contributed by atoms with Gasteiger partial charge in [-0.2, -0.15) is 0 Å². The number of para-hydroxylation sites is 2. The van der Waals surface area contributed by atoms with Gasteiger partial charge in [-0.25, -0.2) is 0 Å². The number of hydrogen-bond donors (Lipinski definition) is 0. The first-order chi connectivity index (χ1) is 12.4. The molecule has 122 valence electrons. The van der Waals surface area contributed by atoms with Crippen molar-refractivity contribution in [3.05, 3.63) is 96.6 Å². The first-order valence-electron chi connectivity index (χ1n) is 7.92. The molecule has 0 N–H and O–H groups in total. The molecule has 0 atom stereocenters. The Balaban J connectivity index is 1.91. The van der Waals surface area contributed by atoms with E-state index in [1.165, 1.54) is 5.56 Å². The van der Waals surface area contributed by atoms with Gasteiger partial charge < -0.3 is 0 Å². The molecule has 3 aromatic rings. The van der Waals surface area contributed by atoms with Crippen molar-refractivity contribution in [2.45, 2.75) is 5.32 Å². The Morgan fingerprint density at radius 3 is 2.00 bits per heavy atom. The van der Waals surface area contributed by atoms with Gasteiger partial charge in [0.05, 0.1) is 0 Å². The van der Waals surface area contributed by atoms with Crippen molar-refractivity contribution in [2.24, 2.45) is 4.99 Å². The van der Waals surface area contributed by atoms with E-state index in [1.807, 2.05) is 78.9 Å². The van der Waals surface area contributed by atoms with E-state index in [0.29, 0.717) is 0 Å². The predicted octanol–water partition coefficient (Wildman–Crippen LogP) is 4.57. The molecule has 0 radical (unpaired) electrons. The summed E-state index contributed by atoms with van der Waals surface area (Å²) in [5, 5.41) is 10.6. The van der Waals surface area contributed by atoms with Crippen molar-refractivity contribution < 1.29 is 0 Å². The number of hydrogen-bond acceptors (Lipinski definition) is 2. The monoisotopic (exact) mass is 391 g/mol. The topological polar surface area (TPSA) is 39.4 Å². The second-order valence-corrected chi connectivity index (χ2v) is 7.25. The van der Waals surface area contributed by atoms with Crippen LogP contribution in [0.5, 0.6) is 0 Å². The number of amidine groups is 1. The molecule has 0 saturated heterocycles. The molecule has 0 bridgehead atoms. The molecule has 0 unspecified atom stereocenters. The van der Waals surface area contributed by atoms with Crippen LogP contribution in [-0.2, 0) is 5.32 Å². The van der Waals surface area contributed by atoms with Crippen molar-refractivity contribution in [1.29, 1.82) is 5.26 Å². The van der Waals surface area contributed by atoms with Gasteiger partial charge in [-0.3, -0.25) is 0 Å². The van der Waals surface area contributed by atoms with Gasteiger partial charge in [-0.15, -0.1) is 0 Å². The van der Waals surface area contributed by atoms with Crippen molar-refractivity contribution in [3.63, 3.8) is 0 Å². The van der Waals surface area contributed by atoms with Crippen molar-refractivity contribution in [3.8, 4) is 6.19 Å². The summed E-state index contributed by atoms with van der Waals surface area (Å²) in [4.78, 5) is 6.40. The van der Waals surface area contributed by atoms with Gasteiger partial charge in [0.15, 0.2) is 0 Å². The molecule has 0 aliphatic rings. The van der Waals surface area contributed by atoms with Crippen LogP contribution in [0.25, 0.3) is 0 Å². The Morgan fingerprint density at radius 1 is 0.840 bits per heavy atom. The maximum atomic E-state index is 9.73. The van der Waals surface area contributed by atoms with Crippen LogP contribution in [0.3, 0.4) is 0 Å². The molecule has 0 amide bonds. The fraction of sp³-hybridized carbons (Fsp3) is 0.0476. The molecule has 0 spiro atoms. The maximum absolute atomic E-state index is 9.73. The molecule has 0 aliphatic carbocycles. The van der Waals surface area contributed by atoms with Gasteiger partial charge in [0.1, 0.15) is 0 Å². The summed E-state index contributed by atoms with van der Waals surface area (Å²) in [6.45, 7) is 0. The number of benzene rings is 3. The summed E-state index contributed by atoms with van der Waals surface area (Å²) in [6.07, 6.45) is 2.29. The third-order valence-corrected chi connectivity index (χ3v) is 5.62.